The molecule has 1 aromatic heterocycles. The summed E-state index contributed by atoms with van der Waals surface area (Å²) in [5.74, 6) is 0. The van der Waals surface area contributed by atoms with Gasteiger partial charge in [0.25, 0.3) is 0 Å². The molecule has 2 N–H and O–H groups in total. The Morgan fingerprint density at radius 3 is 2.73 bits per heavy atom. The number of piperazine rings is 1. The van der Waals surface area contributed by atoms with Crippen LogP contribution < -0.4 is 10.6 Å². The first-order valence-electron chi connectivity index (χ1n) is 5.26. The highest BCUT2D eigenvalue weighted by atomic mass is 32.1. The highest BCUT2D eigenvalue weighted by Gasteiger charge is 2.21. The van der Waals surface area contributed by atoms with E-state index < -0.39 is 0 Å². The van der Waals surface area contributed by atoms with E-state index in [4.69, 9.17) is 5.73 Å². The lowest BCUT2D eigenvalue weighted by molar-refractivity contribution is 0.201. The summed E-state index contributed by atoms with van der Waals surface area (Å²) in [4.78, 5) is 4.72. The van der Waals surface area contributed by atoms with E-state index >= 15 is 0 Å². The maximum absolute atomic E-state index is 5.66. The molecule has 0 bridgehead atoms. The number of aromatic nitrogens is 2. The predicted octanol–water partition coefficient (Wildman–Crippen LogP) is 0.00730. The van der Waals surface area contributed by atoms with Crippen molar-refractivity contribution in [3.8, 4) is 0 Å². The van der Waals surface area contributed by atoms with E-state index in [9.17, 15) is 0 Å². The summed E-state index contributed by atoms with van der Waals surface area (Å²) < 4.78 is 0. The number of nitrogens with zero attached hydrogens (tertiary/aromatic N) is 4. The molecule has 1 atom stereocenters. The van der Waals surface area contributed by atoms with E-state index in [1.807, 2.05) is 0 Å². The number of hydrogen-bond donors (Lipinski definition) is 1. The summed E-state index contributed by atoms with van der Waals surface area (Å²) in [6, 6.07) is 0.488. The lowest BCUT2D eigenvalue weighted by Crippen LogP contribution is -2.51. The third kappa shape index (κ3) is 2.45. The average Bonchev–Trinajstić information content (AvgIpc) is 2.82. The van der Waals surface area contributed by atoms with E-state index in [0.29, 0.717) is 6.04 Å². The molecule has 1 aromatic rings. The SMILES string of the molecule is CC(CN)N1CCN(c2nncs2)CC1. The second-order valence-electron chi connectivity index (χ2n) is 3.83. The smallest absolute Gasteiger partial charge is 0.208 e. The Labute approximate surface area is 93.9 Å². The highest BCUT2D eigenvalue weighted by molar-refractivity contribution is 7.13. The quantitative estimate of drug-likeness (QED) is 0.788. The molecule has 0 aliphatic carbocycles. The first-order chi connectivity index (χ1) is 7.31. The van der Waals surface area contributed by atoms with Crippen LogP contribution in [0.25, 0.3) is 0 Å². The summed E-state index contributed by atoms with van der Waals surface area (Å²) in [5.41, 5.74) is 7.44. The topological polar surface area (TPSA) is 58.3 Å². The Kier molecular flexibility index (Phi) is 3.50. The number of hydrogen-bond acceptors (Lipinski definition) is 6. The predicted molar refractivity (Wildman–Crippen MR) is 62.2 cm³/mol. The number of rotatable bonds is 3. The molecule has 1 fully saturated rings. The molecule has 1 unspecified atom stereocenters. The van der Waals surface area contributed by atoms with Gasteiger partial charge in [-0.05, 0) is 6.92 Å². The zero-order valence-corrected chi connectivity index (χ0v) is 9.78. The van der Waals surface area contributed by atoms with Crippen molar-refractivity contribution < 1.29 is 0 Å². The molecule has 2 rings (SSSR count). The van der Waals surface area contributed by atoms with Crippen molar-refractivity contribution in [1.29, 1.82) is 0 Å². The van der Waals surface area contributed by atoms with Gasteiger partial charge in [-0.15, -0.1) is 10.2 Å². The molecular weight excluding hydrogens is 210 g/mol. The maximum atomic E-state index is 5.66. The third-order valence-electron chi connectivity index (χ3n) is 2.90. The van der Waals surface area contributed by atoms with Gasteiger partial charge in [-0.25, -0.2) is 0 Å². The van der Waals surface area contributed by atoms with Crippen molar-refractivity contribution in [3.05, 3.63) is 5.51 Å². The van der Waals surface area contributed by atoms with Crippen LogP contribution in [0, 0.1) is 0 Å². The van der Waals surface area contributed by atoms with Crippen molar-refractivity contribution in [2.75, 3.05) is 37.6 Å². The fourth-order valence-corrected chi connectivity index (χ4v) is 2.42. The fourth-order valence-electron chi connectivity index (χ4n) is 1.81. The normalized spacial score (nSPS) is 20.5. The summed E-state index contributed by atoms with van der Waals surface area (Å²) in [5, 5.41) is 8.98. The van der Waals surface area contributed by atoms with Crippen LogP contribution in [0.4, 0.5) is 5.13 Å². The van der Waals surface area contributed by atoms with Crippen LogP contribution >= 0.6 is 11.3 Å². The van der Waals surface area contributed by atoms with E-state index in [1.165, 1.54) is 0 Å². The Bertz CT molecular complexity index is 281. The molecule has 0 spiro atoms. The van der Waals surface area contributed by atoms with Crippen molar-refractivity contribution in [3.63, 3.8) is 0 Å². The molecule has 84 valence electrons. The Hall–Kier alpha value is -0.720. The molecule has 0 saturated carbocycles. The standard InChI is InChI=1S/C9H17N5S/c1-8(6-10)13-2-4-14(5-3-13)9-12-11-7-15-9/h7-8H,2-6,10H2,1H3. The van der Waals surface area contributed by atoms with Gasteiger partial charge in [0, 0.05) is 38.8 Å². The van der Waals surface area contributed by atoms with Gasteiger partial charge in [-0.2, -0.15) is 0 Å². The van der Waals surface area contributed by atoms with Crippen molar-refractivity contribution in [1.82, 2.24) is 15.1 Å². The molecule has 6 heteroatoms. The van der Waals surface area contributed by atoms with Gasteiger partial charge in [0.05, 0.1) is 0 Å². The fraction of sp³-hybridized carbons (Fsp3) is 0.778. The van der Waals surface area contributed by atoms with E-state index in [0.717, 1.165) is 37.9 Å². The second kappa shape index (κ2) is 4.87. The lowest BCUT2D eigenvalue weighted by Gasteiger charge is -2.37. The van der Waals surface area contributed by atoms with Crippen LogP contribution in [0.3, 0.4) is 0 Å². The summed E-state index contributed by atoms with van der Waals surface area (Å²) >= 11 is 1.61. The molecule has 1 aliphatic heterocycles. The average molecular weight is 227 g/mol. The van der Waals surface area contributed by atoms with E-state index in [1.54, 1.807) is 16.8 Å². The Morgan fingerprint density at radius 1 is 1.47 bits per heavy atom. The van der Waals surface area contributed by atoms with Crippen LogP contribution in [0.2, 0.25) is 0 Å². The van der Waals surface area contributed by atoms with E-state index in [-0.39, 0.29) is 0 Å². The van der Waals surface area contributed by atoms with Crippen molar-refractivity contribution in [2.45, 2.75) is 13.0 Å². The molecule has 15 heavy (non-hydrogen) atoms. The summed E-state index contributed by atoms with van der Waals surface area (Å²) in [6.45, 7) is 7.11. The first kappa shape index (κ1) is 10.8. The van der Waals surface area contributed by atoms with Crippen LogP contribution in [0.15, 0.2) is 5.51 Å². The second-order valence-corrected chi connectivity index (χ2v) is 4.64. The Balaban J connectivity index is 1.87. The largest absolute Gasteiger partial charge is 0.344 e. The molecule has 5 nitrogen and oxygen atoms in total. The molecular formula is C9H17N5S. The van der Waals surface area contributed by atoms with Crippen LogP contribution in [0.5, 0.6) is 0 Å². The van der Waals surface area contributed by atoms with Crippen LogP contribution in [-0.2, 0) is 0 Å². The zero-order chi connectivity index (χ0) is 10.7. The maximum Gasteiger partial charge on any atom is 0.208 e. The minimum atomic E-state index is 0.488. The molecule has 2 heterocycles. The van der Waals surface area contributed by atoms with Gasteiger partial charge >= 0.3 is 0 Å². The van der Waals surface area contributed by atoms with Gasteiger partial charge in [0.1, 0.15) is 5.51 Å². The van der Waals surface area contributed by atoms with Crippen molar-refractivity contribution in [2.24, 2.45) is 5.73 Å². The first-order valence-corrected chi connectivity index (χ1v) is 6.14. The summed E-state index contributed by atoms with van der Waals surface area (Å²) in [7, 11) is 0. The van der Waals surface area contributed by atoms with Gasteiger partial charge in [-0.1, -0.05) is 11.3 Å². The van der Waals surface area contributed by atoms with Crippen LogP contribution in [0.1, 0.15) is 6.92 Å². The minimum Gasteiger partial charge on any atom is -0.344 e. The van der Waals surface area contributed by atoms with Crippen molar-refractivity contribution >= 4 is 16.5 Å². The van der Waals surface area contributed by atoms with Gasteiger partial charge in [0.15, 0.2) is 0 Å². The lowest BCUT2D eigenvalue weighted by atomic mass is 10.2. The molecule has 1 saturated heterocycles. The van der Waals surface area contributed by atoms with Gasteiger partial charge in [0.2, 0.25) is 5.13 Å². The van der Waals surface area contributed by atoms with Crippen LogP contribution in [-0.4, -0.2) is 53.9 Å². The number of anilines is 1. The van der Waals surface area contributed by atoms with Gasteiger partial charge in [-0.3, -0.25) is 4.90 Å². The molecule has 0 amide bonds. The monoisotopic (exact) mass is 227 g/mol. The number of nitrogens with two attached hydrogens (primary N) is 1. The molecule has 0 radical (unpaired) electrons. The zero-order valence-electron chi connectivity index (χ0n) is 8.96. The third-order valence-corrected chi connectivity index (χ3v) is 3.65. The summed E-state index contributed by atoms with van der Waals surface area (Å²) in [6.07, 6.45) is 0. The minimum absolute atomic E-state index is 0.488. The molecule has 1 aliphatic rings. The highest BCUT2D eigenvalue weighted by Crippen LogP contribution is 2.17. The molecule has 0 aromatic carbocycles. The Morgan fingerprint density at radius 2 is 2.20 bits per heavy atom. The van der Waals surface area contributed by atoms with E-state index in [2.05, 4.69) is 26.9 Å². The van der Waals surface area contributed by atoms with Gasteiger partial charge < -0.3 is 10.6 Å².